The van der Waals surface area contributed by atoms with Crippen molar-refractivity contribution in [2.75, 3.05) is 13.1 Å². The van der Waals surface area contributed by atoms with E-state index in [2.05, 4.69) is 24.0 Å². The smallest absolute Gasteiger partial charge is 0.307 e. The highest BCUT2D eigenvalue weighted by Gasteiger charge is 2.25. The largest absolute Gasteiger partial charge is 0.481 e. The van der Waals surface area contributed by atoms with Gasteiger partial charge in [-0.1, -0.05) is 6.92 Å². The quantitative estimate of drug-likeness (QED) is 0.896. The number of carboxylic acids is 1. The van der Waals surface area contributed by atoms with Gasteiger partial charge < -0.3 is 5.11 Å². The van der Waals surface area contributed by atoms with Gasteiger partial charge in [0.05, 0.1) is 5.92 Å². The third-order valence-electron chi connectivity index (χ3n) is 3.30. The number of rotatable bonds is 4. The SMILES string of the molecule is CCc1ccc(CN2CCCC(C(=O)O)C2)s1. The van der Waals surface area contributed by atoms with E-state index in [0.29, 0.717) is 6.54 Å². The van der Waals surface area contributed by atoms with Crippen molar-refractivity contribution in [3.05, 3.63) is 21.9 Å². The Bertz CT molecular complexity index is 389. The summed E-state index contributed by atoms with van der Waals surface area (Å²) in [5.74, 6) is -0.815. The minimum Gasteiger partial charge on any atom is -0.481 e. The zero-order valence-corrected chi connectivity index (χ0v) is 11.0. The highest BCUT2D eigenvalue weighted by Crippen LogP contribution is 2.22. The van der Waals surface area contributed by atoms with Gasteiger partial charge in [0.25, 0.3) is 0 Å². The zero-order chi connectivity index (χ0) is 12.3. The second kappa shape index (κ2) is 5.65. The molecule has 0 spiro atoms. The van der Waals surface area contributed by atoms with Crippen LogP contribution in [-0.4, -0.2) is 29.1 Å². The van der Waals surface area contributed by atoms with Crippen LogP contribution in [0, 0.1) is 5.92 Å². The Kier molecular flexibility index (Phi) is 4.18. The summed E-state index contributed by atoms with van der Waals surface area (Å²) < 4.78 is 0. The molecule has 17 heavy (non-hydrogen) atoms. The Balaban J connectivity index is 1.92. The van der Waals surface area contributed by atoms with Crippen molar-refractivity contribution < 1.29 is 9.90 Å². The van der Waals surface area contributed by atoms with Crippen LogP contribution in [-0.2, 0) is 17.8 Å². The van der Waals surface area contributed by atoms with E-state index in [4.69, 9.17) is 5.11 Å². The average molecular weight is 253 g/mol. The number of aryl methyl sites for hydroxylation is 1. The number of piperidine rings is 1. The molecule has 1 unspecified atom stereocenters. The second-order valence-corrected chi connectivity index (χ2v) is 5.89. The van der Waals surface area contributed by atoms with E-state index in [0.717, 1.165) is 32.4 Å². The molecule has 1 fully saturated rings. The lowest BCUT2D eigenvalue weighted by Crippen LogP contribution is -2.37. The van der Waals surface area contributed by atoms with Crippen molar-refractivity contribution in [3.63, 3.8) is 0 Å². The van der Waals surface area contributed by atoms with Crippen LogP contribution in [0.3, 0.4) is 0 Å². The molecular weight excluding hydrogens is 234 g/mol. The molecule has 0 bridgehead atoms. The number of thiophene rings is 1. The molecule has 3 nitrogen and oxygen atoms in total. The van der Waals surface area contributed by atoms with E-state index >= 15 is 0 Å². The van der Waals surface area contributed by atoms with Gasteiger partial charge in [-0.3, -0.25) is 9.69 Å². The molecule has 1 atom stereocenters. The summed E-state index contributed by atoms with van der Waals surface area (Å²) in [5.41, 5.74) is 0. The van der Waals surface area contributed by atoms with Gasteiger partial charge in [0.2, 0.25) is 0 Å². The maximum absolute atomic E-state index is 11.0. The molecule has 0 saturated carbocycles. The Morgan fingerprint density at radius 1 is 1.53 bits per heavy atom. The second-order valence-electron chi connectivity index (χ2n) is 4.63. The van der Waals surface area contributed by atoms with Crippen LogP contribution in [0.2, 0.25) is 0 Å². The first-order valence-corrected chi connectivity index (χ1v) is 7.03. The van der Waals surface area contributed by atoms with Gasteiger partial charge in [-0.2, -0.15) is 0 Å². The van der Waals surface area contributed by atoms with Gasteiger partial charge in [0.1, 0.15) is 0 Å². The summed E-state index contributed by atoms with van der Waals surface area (Å²) in [6.07, 6.45) is 2.92. The maximum atomic E-state index is 11.0. The number of carbonyl (C=O) groups is 1. The van der Waals surface area contributed by atoms with E-state index < -0.39 is 5.97 Å². The minimum absolute atomic E-state index is 0.172. The van der Waals surface area contributed by atoms with Gasteiger partial charge in [-0.15, -0.1) is 11.3 Å². The zero-order valence-electron chi connectivity index (χ0n) is 10.2. The number of hydrogen-bond donors (Lipinski definition) is 1. The topological polar surface area (TPSA) is 40.5 Å². The summed E-state index contributed by atoms with van der Waals surface area (Å²) in [4.78, 5) is 16.0. The first-order chi connectivity index (χ1) is 8.19. The van der Waals surface area contributed by atoms with E-state index in [9.17, 15) is 4.79 Å². The Morgan fingerprint density at radius 3 is 2.94 bits per heavy atom. The third kappa shape index (κ3) is 3.30. The van der Waals surface area contributed by atoms with Gasteiger partial charge in [0, 0.05) is 22.8 Å². The fourth-order valence-electron chi connectivity index (χ4n) is 2.32. The average Bonchev–Trinajstić information content (AvgIpc) is 2.77. The van der Waals surface area contributed by atoms with Crippen molar-refractivity contribution in [1.29, 1.82) is 0 Å². The number of likely N-dealkylation sites (tertiary alicyclic amines) is 1. The normalized spacial score (nSPS) is 21.6. The molecule has 0 aromatic carbocycles. The summed E-state index contributed by atoms with van der Waals surface area (Å²) in [7, 11) is 0. The van der Waals surface area contributed by atoms with Crippen molar-refractivity contribution >= 4 is 17.3 Å². The fraction of sp³-hybridized carbons (Fsp3) is 0.615. The van der Waals surface area contributed by atoms with Crippen LogP contribution >= 0.6 is 11.3 Å². The minimum atomic E-state index is -0.643. The van der Waals surface area contributed by atoms with Crippen molar-refractivity contribution in [2.45, 2.75) is 32.7 Å². The van der Waals surface area contributed by atoms with Crippen LogP contribution in [0.5, 0.6) is 0 Å². The van der Waals surface area contributed by atoms with Gasteiger partial charge >= 0.3 is 5.97 Å². The lowest BCUT2D eigenvalue weighted by atomic mass is 9.98. The van der Waals surface area contributed by atoms with Crippen molar-refractivity contribution in [2.24, 2.45) is 5.92 Å². The van der Waals surface area contributed by atoms with Gasteiger partial charge in [-0.05, 0) is 37.9 Å². The van der Waals surface area contributed by atoms with E-state index in [1.165, 1.54) is 9.75 Å². The molecule has 1 N–H and O–H groups in total. The molecule has 0 amide bonds. The third-order valence-corrected chi connectivity index (χ3v) is 4.51. The first kappa shape index (κ1) is 12.6. The molecule has 94 valence electrons. The molecule has 1 aliphatic rings. The first-order valence-electron chi connectivity index (χ1n) is 6.21. The predicted molar refractivity (Wildman–Crippen MR) is 69.3 cm³/mol. The van der Waals surface area contributed by atoms with Crippen molar-refractivity contribution in [3.8, 4) is 0 Å². The molecule has 0 aliphatic carbocycles. The molecule has 4 heteroatoms. The number of hydrogen-bond acceptors (Lipinski definition) is 3. The predicted octanol–water partition coefficient (Wildman–Crippen LogP) is 2.61. The van der Waals surface area contributed by atoms with Crippen molar-refractivity contribution in [1.82, 2.24) is 4.90 Å². The van der Waals surface area contributed by atoms with Crippen LogP contribution in [0.4, 0.5) is 0 Å². The van der Waals surface area contributed by atoms with Crippen LogP contribution in [0.1, 0.15) is 29.5 Å². The number of carboxylic acid groups (broad SMARTS) is 1. The molecule has 0 radical (unpaired) electrons. The lowest BCUT2D eigenvalue weighted by molar-refractivity contribution is -0.143. The van der Waals surface area contributed by atoms with Gasteiger partial charge in [-0.25, -0.2) is 0 Å². The Morgan fingerprint density at radius 2 is 2.29 bits per heavy atom. The number of aliphatic carboxylic acids is 1. The molecule has 1 aromatic heterocycles. The maximum Gasteiger partial charge on any atom is 0.307 e. The lowest BCUT2D eigenvalue weighted by Gasteiger charge is -2.30. The summed E-state index contributed by atoms with van der Waals surface area (Å²) in [5, 5.41) is 9.04. The fourth-order valence-corrected chi connectivity index (χ4v) is 3.32. The molecule has 1 aliphatic heterocycles. The molecular formula is C13H19NO2S. The van der Waals surface area contributed by atoms with E-state index in [1.807, 2.05) is 11.3 Å². The highest BCUT2D eigenvalue weighted by molar-refractivity contribution is 7.11. The van der Waals surface area contributed by atoms with E-state index in [-0.39, 0.29) is 5.92 Å². The standard InChI is InChI=1S/C13H19NO2S/c1-2-11-5-6-12(17-11)9-14-7-3-4-10(8-14)13(15)16/h5-6,10H,2-4,7-9H2,1H3,(H,15,16). The van der Waals surface area contributed by atoms with Crippen LogP contribution < -0.4 is 0 Å². The van der Waals surface area contributed by atoms with Crippen LogP contribution in [0.15, 0.2) is 12.1 Å². The Hall–Kier alpha value is -0.870. The Labute approximate surface area is 106 Å². The molecule has 1 aromatic rings. The molecule has 2 rings (SSSR count). The molecule has 1 saturated heterocycles. The summed E-state index contributed by atoms with van der Waals surface area (Å²) >= 11 is 1.85. The number of nitrogens with zero attached hydrogens (tertiary/aromatic N) is 1. The van der Waals surface area contributed by atoms with Crippen LogP contribution in [0.25, 0.3) is 0 Å². The monoisotopic (exact) mass is 253 g/mol. The van der Waals surface area contributed by atoms with E-state index in [1.54, 1.807) is 0 Å². The summed E-state index contributed by atoms with van der Waals surface area (Å²) in [6, 6.07) is 4.35. The molecule has 2 heterocycles. The summed E-state index contributed by atoms with van der Waals surface area (Å²) in [6.45, 7) is 4.81. The van der Waals surface area contributed by atoms with Gasteiger partial charge in [0.15, 0.2) is 0 Å². The highest BCUT2D eigenvalue weighted by atomic mass is 32.1.